The van der Waals surface area contributed by atoms with Crippen molar-refractivity contribution < 1.29 is 23.0 Å². The molecule has 3 rings (SSSR count). The molecule has 0 radical (unpaired) electrons. The number of ether oxygens (including phenoxy) is 1. The standard InChI is InChI=1S/C22H20F3NO2/c23-22(24,25)21(27)16-26(15-17-8-3-1-4-9-17)18-10-7-13-20(14-18)28-19-11-5-2-6-12-19/h1-14,21,27H,15-16H2. The van der Waals surface area contributed by atoms with Gasteiger partial charge in [-0.15, -0.1) is 0 Å². The highest BCUT2D eigenvalue weighted by molar-refractivity contribution is 5.52. The third-order valence-electron chi connectivity index (χ3n) is 4.15. The van der Waals surface area contributed by atoms with Crippen molar-refractivity contribution in [2.24, 2.45) is 0 Å². The van der Waals surface area contributed by atoms with Crippen LogP contribution in [0.15, 0.2) is 84.9 Å². The van der Waals surface area contributed by atoms with Gasteiger partial charge in [-0.1, -0.05) is 54.6 Å². The number of aliphatic hydroxyl groups is 1. The molecule has 28 heavy (non-hydrogen) atoms. The Bertz CT molecular complexity index is 870. The van der Waals surface area contributed by atoms with Crippen LogP contribution in [0.3, 0.4) is 0 Å². The molecule has 0 saturated carbocycles. The number of nitrogens with zero attached hydrogens (tertiary/aromatic N) is 1. The molecule has 0 amide bonds. The molecule has 0 spiro atoms. The molecule has 3 nitrogen and oxygen atoms in total. The van der Waals surface area contributed by atoms with Crippen LogP contribution in [-0.4, -0.2) is 23.9 Å². The first-order valence-electron chi connectivity index (χ1n) is 8.78. The predicted octanol–water partition coefficient (Wildman–Crippen LogP) is 5.41. The Labute approximate surface area is 161 Å². The molecule has 0 aliphatic heterocycles. The maximum Gasteiger partial charge on any atom is 0.416 e. The van der Waals surface area contributed by atoms with Crippen LogP contribution >= 0.6 is 0 Å². The van der Waals surface area contributed by atoms with Gasteiger partial charge in [0.25, 0.3) is 0 Å². The topological polar surface area (TPSA) is 32.7 Å². The average Bonchev–Trinajstić information content (AvgIpc) is 2.68. The minimum Gasteiger partial charge on any atom is -0.457 e. The summed E-state index contributed by atoms with van der Waals surface area (Å²) < 4.78 is 44.6. The van der Waals surface area contributed by atoms with E-state index in [0.717, 1.165) is 5.56 Å². The molecule has 146 valence electrons. The van der Waals surface area contributed by atoms with E-state index in [2.05, 4.69) is 0 Å². The Morgan fingerprint density at radius 1 is 0.821 bits per heavy atom. The number of para-hydroxylation sites is 1. The van der Waals surface area contributed by atoms with Crippen molar-refractivity contribution >= 4 is 5.69 Å². The molecule has 6 heteroatoms. The van der Waals surface area contributed by atoms with E-state index in [1.165, 1.54) is 4.90 Å². The van der Waals surface area contributed by atoms with Crippen molar-refractivity contribution in [3.05, 3.63) is 90.5 Å². The van der Waals surface area contributed by atoms with Crippen LogP contribution in [0.25, 0.3) is 0 Å². The van der Waals surface area contributed by atoms with E-state index in [1.54, 1.807) is 36.4 Å². The van der Waals surface area contributed by atoms with Crippen LogP contribution in [0.1, 0.15) is 5.56 Å². The Morgan fingerprint density at radius 3 is 2.07 bits per heavy atom. The van der Waals surface area contributed by atoms with Crippen molar-refractivity contribution in [2.45, 2.75) is 18.8 Å². The van der Waals surface area contributed by atoms with Gasteiger partial charge >= 0.3 is 6.18 Å². The fraction of sp³-hybridized carbons (Fsp3) is 0.182. The molecule has 1 N–H and O–H groups in total. The molecule has 3 aromatic carbocycles. The normalized spacial score (nSPS) is 12.4. The minimum absolute atomic E-state index is 0.225. The number of hydrogen-bond acceptors (Lipinski definition) is 3. The van der Waals surface area contributed by atoms with Crippen LogP contribution in [0.4, 0.5) is 18.9 Å². The van der Waals surface area contributed by atoms with Crippen LogP contribution in [-0.2, 0) is 6.54 Å². The summed E-state index contributed by atoms with van der Waals surface area (Å²) in [6.45, 7) is -0.351. The fourth-order valence-corrected chi connectivity index (χ4v) is 2.75. The van der Waals surface area contributed by atoms with Crippen molar-refractivity contribution in [1.82, 2.24) is 0 Å². The summed E-state index contributed by atoms with van der Waals surface area (Å²) in [6, 6.07) is 25.1. The molecule has 0 aliphatic rings. The Kier molecular flexibility index (Phi) is 6.21. The number of halogens is 3. The van der Waals surface area contributed by atoms with Gasteiger partial charge in [-0.2, -0.15) is 13.2 Å². The number of benzene rings is 3. The Morgan fingerprint density at radius 2 is 1.43 bits per heavy atom. The highest BCUT2D eigenvalue weighted by atomic mass is 19.4. The summed E-state index contributed by atoms with van der Waals surface area (Å²) in [4.78, 5) is 1.49. The first-order chi connectivity index (χ1) is 13.4. The minimum atomic E-state index is -4.69. The highest BCUT2D eigenvalue weighted by Gasteiger charge is 2.39. The number of aliphatic hydroxyl groups excluding tert-OH is 1. The van der Waals surface area contributed by atoms with Gasteiger partial charge < -0.3 is 14.7 Å². The summed E-state index contributed by atoms with van der Waals surface area (Å²) in [7, 11) is 0. The van der Waals surface area contributed by atoms with E-state index < -0.39 is 18.8 Å². The van der Waals surface area contributed by atoms with E-state index in [0.29, 0.717) is 17.2 Å². The second-order valence-electron chi connectivity index (χ2n) is 6.34. The van der Waals surface area contributed by atoms with Crippen LogP contribution in [0.2, 0.25) is 0 Å². The lowest BCUT2D eigenvalue weighted by Gasteiger charge is -2.28. The predicted molar refractivity (Wildman–Crippen MR) is 103 cm³/mol. The van der Waals surface area contributed by atoms with Gasteiger partial charge in [-0.3, -0.25) is 0 Å². The monoisotopic (exact) mass is 387 g/mol. The Hall–Kier alpha value is -2.99. The SMILES string of the molecule is OC(CN(Cc1ccccc1)c1cccc(Oc2ccccc2)c1)C(F)(F)F. The first-order valence-corrected chi connectivity index (χ1v) is 8.78. The van der Waals surface area contributed by atoms with Crippen LogP contribution in [0.5, 0.6) is 11.5 Å². The maximum absolute atomic E-state index is 12.9. The molecule has 0 aromatic heterocycles. The van der Waals surface area contributed by atoms with E-state index in [1.807, 2.05) is 48.5 Å². The number of hydrogen-bond donors (Lipinski definition) is 1. The van der Waals surface area contributed by atoms with Crippen molar-refractivity contribution in [1.29, 1.82) is 0 Å². The van der Waals surface area contributed by atoms with Gasteiger partial charge in [-0.25, -0.2) is 0 Å². The number of anilines is 1. The zero-order valence-electron chi connectivity index (χ0n) is 15.0. The first kappa shape index (κ1) is 19.8. The Balaban J connectivity index is 1.85. The van der Waals surface area contributed by atoms with Crippen molar-refractivity contribution in [3.63, 3.8) is 0 Å². The second kappa shape index (κ2) is 8.80. The second-order valence-corrected chi connectivity index (χ2v) is 6.34. The molecule has 0 saturated heterocycles. The molecule has 0 heterocycles. The molecule has 0 bridgehead atoms. The van der Waals surface area contributed by atoms with Gasteiger partial charge in [-0.05, 0) is 29.8 Å². The molecule has 1 atom stereocenters. The summed E-state index contributed by atoms with van der Waals surface area (Å²) in [5.41, 5.74) is 1.37. The summed E-state index contributed by atoms with van der Waals surface area (Å²) in [5, 5.41) is 9.60. The zero-order valence-corrected chi connectivity index (χ0v) is 15.0. The summed E-state index contributed by atoms with van der Waals surface area (Å²) >= 11 is 0. The lowest BCUT2D eigenvalue weighted by atomic mass is 10.1. The van der Waals surface area contributed by atoms with Crippen molar-refractivity contribution in [2.75, 3.05) is 11.4 Å². The van der Waals surface area contributed by atoms with Crippen LogP contribution < -0.4 is 9.64 Å². The summed E-state index contributed by atoms with van der Waals surface area (Å²) in [6.07, 6.45) is -7.14. The van der Waals surface area contributed by atoms with E-state index in [4.69, 9.17) is 4.74 Å². The third-order valence-corrected chi connectivity index (χ3v) is 4.15. The molecule has 1 unspecified atom stereocenters. The quantitative estimate of drug-likeness (QED) is 0.589. The lowest BCUT2D eigenvalue weighted by molar-refractivity contribution is -0.200. The lowest BCUT2D eigenvalue weighted by Crippen LogP contribution is -2.40. The smallest absolute Gasteiger partial charge is 0.416 e. The summed E-state index contributed by atoms with van der Waals surface area (Å²) in [5.74, 6) is 1.13. The van der Waals surface area contributed by atoms with Crippen molar-refractivity contribution in [3.8, 4) is 11.5 Å². The van der Waals surface area contributed by atoms with E-state index in [9.17, 15) is 18.3 Å². The van der Waals surface area contributed by atoms with Gasteiger partial charge in [0.15, 0.2) is 6.10 Å². The van der Waals surface area contributed by atoms with Gasteiger partial charge in [0.1, 0.15) is 11.5 Å². The third kappa shape index (κ3) is 5.50. The van der Waals surface area contributed by atoms with Crippen LogP contribution in [0, 0.1) is 0 Å². The number of alkyl halides is 3. The van der Waals surface area contributed by atoms with E-state index in [-0.39, 0.29) is 6.54 Å². The zero-order chi connectivity index (χ0) is 20.0. The van der Waals surface area contributed by atoms with Gasteiger partial charge in [0.05, 0.1) is 6.54 Å². The largest absolute Gasteiger partial charge is 0.457 e. The average molecular weight is 387 g/mol. The molecule has 3 aromatic rings. The highest BCUT2D eigenvalue weighted by Crippen LogP contribution is 2.29. The van der Waals surface area contributed by atoms with Gasteiger partial charge in [0, 0.05) is 18.3 Å². The number of rotatable bonds is 7. The maximum atomic E-state index is 12.9. The molecule has 0 fully saturated rings. The molecule has 0 aliphatic carbocycles. The molecular formula is C22H20F3NO2. The molecular weight excluding hydrogens is 367 g/mol. The van der Waals surface area contributed by atoms with Gasteiger partial charge in [0.2, 0.25) is 0 Å². The fourth-order valence-electron chi connectivity index (χ4n) is 2.75. The van der Waals surface area contributed by atoms with E-state index >= 15 is 0 Å².